The third-order valence-corrected chi connectivity index (χ3v) is 4.59. The lowest BCUT2D eigenvalue weighted by Gasteiger charge is -2.29. The average molecular weight is 282 g/mol. The standard InChI is InChI=1S/C13H16BrNO/c14-11-4-5-12-10(6-11)8-15(13(12)16)7-9-2-1-3-9/h4-5,9-10H,1-3,6-8H2. The van der Waals surface area contributed by atoms with E-state index in [0.717, 1.165) is 31.0 Å². The molecule has 0 aromatic carbocycles. The fraction of sp³-hybridized carbons (Fsp3) is 0.615. The van der Waals surface area contributed by atoms with E-state index in [4.69, 9.17) is 0 Å². The Morgan fingerprint density at radius 3 is 2.88 bits per heavy atom. The van der Waals surface area contributed by atoms with Crippen molar-refractivity contribution in [1.29, 1.82) is 0 Å². The van der Waals surface area contributed by atoms with Gasteiger partial charge >= 0.3 is 0 Å². The first kappa shape index (κ1) is 10.6. The highest BCUT2D eigenvalue weighted by Gasteiger charge is 2.37. The van der Waals surface area contributed by atoms with Crippen molar-refractivity contribution >= 4 is 21.8 Å². The number of halogens is 1. The number of fused-ring (bicyclic) bond motifs is 1. The average Bonchev–Trinajstić information content (AvgIpc) is 2.49. The van der Waals surface area contributed by atoms with Crippen LogP contribution in [0.5, 0.6) is 0 Å². The van der Waals surface area contributed by atoms with Crippen molar-refractivity contribution in [2.75, 3.05) is 13.1 Å². The van der Waals surface area contributed by atoms with Crippen LogP contribution in [0, 0.1) is 11.8 Å². The lowest BCUT2D eigenvalue weighted by molar-refractivity contribution is -0.125. The number of amides is 1. The van der Waals surface area contributed by atoms with Gasteiger partial charge in [0.2, 0.25) is 5.91 Å². The molecule has 2 aliphatic carbocycles. The second kappa shape index (κ2) is 4.02. The number of hydrogen-bond acceptors (Lipinski definition) is 1. The molecule has 86 valence electrons. The van der Waals surface area contributed by atoms with Crippen LogP contribution in [0.15, 0.2) is 22.2 Å². The van der Waals surface area contributed by atoms with Gasteiger partial charge in [-0.3, -0.25) is 4.79 Å². The van der Waals surface area contributed by atoms with E-state index in [2.05, 4.69) is 20.8 Å². The van der Waals surface area contributed by atoms with Crippen molar-refractivity contribution in [2.24, 2.45) is 11.8 Å². The molecule has 1 heterocycles. The number of likely N-dealkylation sites (tertiary alicyclic amines) is 1. The summed E-state index contributed by atoms with van der Waals surface area (Å²) in [6.07, 6.45) is 9.01. The van der Waals surface area contributed by atoms with Gasteiger partial charge in [0.05, 0.1) is 0 Å². The van der Waals surface area contributed by atoms with Gasteiger partial charge < -0.3 is 4.90 Å². The second-order valence-electron chi connectivity index (χ2n) is 5.14. The molecule has 2 nitrogen and oxygen atoms in total. The van der Waals surface area contributed by atoms with E-state index in [9.17, 15) is 4.79 Å². The molecule has 1 unspecified atom stereocenters. The molecule has 1 atom stereocenters. The first-order chi connectivity index (χ1) is 7.74. The highest BCUT2D eigenvalue weighted by Crippen LogP contribution is 2.36. The number of carbonyl (C=O) groups is 1. The van der Waals surface area contributed by atoms with Crippen molar-refractivity contribution < 1.29 is 4.79 Å². The van der Waals surface area contributed by atoms with Crippen molar-refractivity contribution in [3.8, 4) is 0 Å². The van der Waals surface area contributed by atoms with Crippen molar-refractivity contribution in [2.45, 2.75) is 25.7 Å². The third-order valence-electron chi connectivity index (χ3n) is 4.00. The molecule has 16 heavy (non-hydrogen) atoms. The fourth-order valence-corrected chi connectivity index (χ4v) is 3.34. The largest absolute Gasteiger partial charge is 0.338 e. The molecule has 0 radical (unpaired) electrons. The van der Waals surface area contributed by atoms with E-state index in [-0.39, 0.29) is 5.91 Å². The predicted octanol–water partition coefficient (Wildman–Crippen LogP) is 2.85. The molecule has 3 rings (SSSR count). The summed E-state index contributed by atoms with van der Waals surface area (Å²) in [5.74, 6) is 1.50. The SMILES string of the molecule is O=C1C2=CC=C(Br)CC2CN1CC1CCC1. The molecule has 0 bridgehead atoms. The Kier molecular flexibility index (Phi) is 2.66. The molecule has 0 spiro atoms. The van der Waals surface area contributed by atoms with Crippen LogP contribution in [0.25, 0.3) is 0 Å². The molecule has 3 aliphatic rings. The Bertz CT molecular complexity index is 381. The van der Waals surface area contributed by atoms with Crippen LogP contribution in [0.4, 0.5) is 0 Å². The lowest BCUT2D eigenvalue weighted by atomic mass is 9.85. The minimum atomic E-state index is 0.285. The molecule has 1 saturated carbocycles. The Hall–Kier alpha value is -0.570. The number of allylic oxidation sites excluding steroid dienone is 3. The summed E-state index contributed by atoms with van der Waals surface area (Å²) in [5.41, 5.74) is 1.03. The van der Waals surface area contributed by atoms with E-state index in [0.29, 0.717) is 5.92 Å². The molecular formula is C13H16BrNO. The summed E-state index contributed by atoms with van der Waals surface area (Å²) in [5, 5.41) is 0. The highest BCUT2D eigenvalue weighted by atomic mass is 79.9. The first-order valence-electron chi connectivity index (χ1n) is 6.09. The third kappa shape index (κ3) is 1.75. The second-order valence-corrected chi connectivity index (χ2v) is 6.16. The van der Waals surface area contributed by atoms with Gasteiger partial charge in [0, 0.05) is 24.6 Å². The van der Waals surface area contributed by atoms with Crippen molar-refractivity contribution in [3.05, 3.63) is 22.2 Å². The summed E-state index contributed by atoms with van der Waals surface area (Å²) < 4.78 is 1.22. The molecule has 0 aromatic heterocycles. The summed E-state index contributed by atoms with van der Waals surface area (Å²) >= 11 is 3.53. The van der Waals surface area contributed by atoms with Gasteiger partial charge in [-0.1, -0.05) is 34.5 Å². The van der Waals surface area contributed by atoms with Gasteiger partial charge in [0.25, 0.3) is 0 Å². The molecule has 1 aliphatic heterocycles. The van der Waals surface area contributed by atoms with Crippen LogP contribution in [0.3, 0.4) is 0 Å². The molecule has 1 saturated heterocycles. The minimum absolute atomic E-state index is 0.285. The van der Waals surface area contributed by atoms with Crippen LogP contribution < -0.4 is 0 Å². The van der Waals surface area contributed by atoms with Crippen LogP contribution in [-0.4, -0.2) is 23.9 Å². The first-order valence-corrected chi connectivity index (χ1v) is 6.89. The Morgan fingerprint density at radius 2 is 2.19 bits per heavy atom. The van der Waals surface area contributed by atoms with Gasteiger partial charge in [0.1, 0.15) is 0 Å². The molecule has 0 aromatic rings. The van der Waals surface area contributed by atoms with E-state index < -0.39 is 0 Å². The zero-order valence-electron chi connectivity index (χ0n) is 9.29. The van der Waals surface area contributed by atoms with Crippen LogP contribution in [0.2, 0.25) is 0 Å². The number of rotatable bonds is 2. The van der Waals surface area contributed by atoms with Crippen LogP contribution in [-0.2, 0) is 4.79 Å². The maximum Gasteiger partial charge on any atom is 0.250 e. The summed E-state index contributed by atoms with van der Waals surface area (Å²) in [4.78, 5) is 14.2. The summed E-state index contributed by atoms with van der Waals surface area (Å²) in [7, 11) is 0. The van der Waals surface area contributed by atoms with Gasteiger partial charge in [-0.25, -0.2) is 0 Å². The molecule has 0 N–H and O–H groups in total. The van der Waals surface area contributed by atoms with Gasteiger partial charge in [-0.2, -0.15) is 0 Å². The number of hydrogen-bond donors (Lipinski definition) is 0. The highest BCUT2D eigenvalue weighted by molar-refractivity contribution is 9.11. The predicted molar refractivity (Wildman–Crippen MR) is 67.1 cm³/mol. The van der Waals surface area contributed by atoms with Crippen molar-refractivity contribution in [1.82, 2.24) is 4.90 Å². The Labute approximate surface area is 105 Å². The Morgan fingerprint density at radius 1 is 1.38 bits per heavy atom. The smallest absolute Gasteiger partial charge is 0.250 e. The zero-order valence-corrected chi connectivity index (χ0v) is 10.9. The maximum atomic E-state index is 12.1. The zero-order chi connectivity index (χ0) is 11.1. The molecule has 2 fully saturated rings. The monoisotopic (exact) mass is 281 g/mol. The quantitative estimate of drug-likeness (QED) is 0.762. The van der Waals surface area contributed by atoms with Gasteiger partial charge in [-0.05, 0) is 29.7 Å². The van der Waals surface area contributed by atoms with Gasteiger partial charge in [0.15, 0.2) is 0 Å². The number of carbonyl (C=O) groups excluding carboxylic acids is 1. The van der Waals surface area contributed by atoms with Gasteiger partial charge in [-0.15, -0.1) is 0 Å². The van der Waals surface area contributed by atoms with Crippen LogP contribution >= 0.6 is 15.9 Å². The normalized spacial score (nSPS) is 29.7. The maximum absolute atomic E-state index is 12.1. The topological polar surface area (TPSA) is 20.3 Å². The minimum Gasteiger partial charge on any atom is -0.338 e. The number of nitrogens with zero attached hydrogens (tertiary/aromatic N) is 1. The van der Waals surface area contributed by atoms with Crippen molar-refractivity contribution in [3.63, 3.8) is 0 Å². The van der Waals surface area contributed by atoms with E-state index in [1.165, 1.54) is 23.7 Å². The molecular weight excluding hydrogens is 266 g/mol. The fourth-order valence-electron chi connectivity index (χ4n) is 2.81. The summed E-state index contributed by atoms with van der Waals surface area (Å²) in [6.45, 7) is 1.92. The van der Waals surface area contributed by atoms with E-state index in [1.807, 2.05) is 12.2 Å². The van der Waals surface area contributed by atoms with Crippen LogP contribution in [0.1, 0.15) is 25.7 Å². The summed E-state index contributed by atoms with van der Waals surface area (Å²) in [6, 6.07) is 0. The molecule has 3 heteroatoms. The van der Waals surface area contributed by atoms with E-state index in [1.54, 1.807) is 0 Å². The Balaban J connectivity index is 1.70. The molecule has 1 amide bonds. The lowest BCUT2D eigenvalue weighted by Crippen LogP contribution is -2.33. The van der Waals surface area contributed by atoms with E-state index >= 15 is 0 Å².